The standard InChI is InChI=1S/C28H27N3OS/c29-24-7-3-4-8-25(24)31-28(32)19-11-9-18(10-12-19)15-23-13-14-26(33-23)27(30)22-16-20-5-1-2-6-21(20)17-22/h1-14,22,27H,15-17,29-30H2,(H,31,32). The Hall–Kier alpha value is -3.41. The molecule has 1 aliphatic rings. The summed E-state index contributed by atoms with van der Waals surface area (Å²) in [6.45, 7) is 0. The third kappa shape index (κ3) is 4.70. The molecule has 1 unspecified atom stereocenters. The lowest BCUT2D eigenvalue weighted by Gasteiger charge is -2.17. The highest BCUT2D eigenvalue weighted by atomic mass is 32.1. The predicted octanol–water partition coefficient (Wildman–Crippen LogP) is 5.59. The molecule has 0 saturated carbocycles. The van der Waals surface area contributed by atoms with Gasteiger partial charge in [-0.05, 0) is 71.8 Å². The van der Waals surface area contributed by atoms with E-state index in [4.69, 9.17) is 11.5 Å². The van der Waals surface area contributed by atoms with Gasteiger partial charge in [-0.1, -0.05) is 48.5 Å². The van der Waals surface area contributed by atoms with Crippen molar-refractivity contribution < 1.29 is 4.79 Å². The van der Waals surface area contributed by atoms with Gasteiger partial charge < -0.3 is 16.8 Å². The molecule has 4 aromatic rings. The van der Waals surface area contributed by atoms with Crippen molar-refractivity contribution in [2.75, 3.05) is 11.1 Å². The van der Waals surface area contributed by atoms with E-state index in [0.717, 1.165) is 19.3 Å². The van der Waals surface area contributed by atoms with E-state index in [0.29, 0.717) is 22.9 Å². The smallest absolute Gasteiger partial charge is 0.255 e. The lowest BCUT2D eigenvalue weighted by atomic mass is 9.96. The van der Waals surface area contributed by atoms with Gasteiger partial charge >= 0.3 is 0 Å². The quantitative estimate of drug-likeness (QED) is 0.333. The highest BCUT2D eigenvalue weighted by Gasteiger charge is 2.28. The van der Waals surface area contributed by atoms with Crippen LogP contribution < -0.4 is 16.8 Å². The first kappa shape index (κ1) is 21.4. The van der Waals surface area contributed by atoms with Crippen LogP contribution in [0.4, 0.5) is 11.4 Å². The molecule has 166 valence electrons. The van der Waals surface area contributed by atoms with Gasteiger partial charge in [0.2, 0.25) is 0 Å². The fourth-order valence-corrected chi connectivity index (χ4v) is 5.67. The van der Waals surface area contributed by atoms with Gasteiger partial charge in [0.1, 0.15) is 0 Å². The van der Waals surface area contributed by atoms with Gasteiger partial charge in [0.25, 0.3) is 5.91 Å². The minimum atomic E-state index is -0.165. The molecule has 4 nitrogen and oxygen atoms in total. The normalized spacial score (nSPS) is 14.1. The van der Waals surface area contributed by atoms with Crippen LogP contribution in [0.5, 0.6) is 0 Å². The van der Waals surface area contributed by atoms with Crippen molar-refractivity contribution in [2.45, 2.75) is 25.3 Å². The Morgan fingerprint density at radius 3 is 2.27 bits per heavy atom. The fourth-order valence-electron chi connectivity index (χ4n) is 4.53. The van der Waals surface area contributed by atoms with Gasteiger partial charge in [-0.25, -0.2) is 0 Å². The van der Waals surface area contributed by atoms with Crippen LogP contribution in [0.2, 0.25) is 0 Å². The number of benzene rings is 3. The Labute approximate surface area is 198 Å². The number of hydrogen-bond donors (Lipinski definition) is 3. The summed E-state index contributed by atoms with van der Waals surface area (Å²) in [6.07, 6.45) is 2.95. The maximum atomic E-state index is 12.5. The van der Waals surface area contributed by atoms with E-state index in [2.05, 4.69) is 41.7 Å². The molecule has 1 heterocycles. The van der Waals surface area contributed by atoms with Crippen LogP contribution in [-0.2, 0) is 19.3 Å². The van der Waals surface area contributed by atoms with Crippen molar-refractivity contribution in [3.63, 3.8) is 0 Å². The fraction of sp³-hybridized carbons (Fsp3) is 0.179. The number of para-hydroxylation sites is 2. The number of fused-ring (bicyclic) bond motifs is 1. The van der Waals surface area contributed by atoms with Gasteiger partial charge in [0.05, 0.1) is 11.4 Å². The Kier molecular flexibility index (Phi) is 5.99. The van der Waals surface area contributed by atoms with E-state index < -0.39 is 0 Å². The molecule has 0 radical (unpaired) electrons. The first-order valence-corrected chi connectivity index (χ1v) is 12.0. The number of hydrogen-bond acceptors (Lipinski definition) is 4. The van der Waals surface area contributed by atoms with Crippen molar-refractivity contribution in [1.82, 2.24) is 0 Å². The van der Waals surface area contributed by atoms with Crippen molar-refractivity contribution in [3.05, 3.63) is 117 Å². The zero-order valence-electron chi connectivity index (χ0n) is 18.3. The van der Waals surface area contributed by atoms with Crippen LogP contribution in [0.3, 0.4) is 0 Å². The molecule has 5 heteroatoms. The SMILES string of the molecule is Nc1ccccc1NC(=O)c1ccc(Cc2ccc(C(N)C3Cc4ccccc4C3)s2)cc1. The summed E-state index contributed by atoms with van der Waals surface area (Å²) in [5, 5.41) is 2.87. The maximum Gasteiger partial charge on any atom is 0.255 e. The first-order chi connectivity index (χ1) is 16.1. The molecular formula is C28H27N3OS. The topological polar surface area (TPSA) is 81.1 Å². The average molecular weight is 454 g/mol. The molecule has 1 atom stereocenters. The molecular weight excluding hydrogens is 426 g/mol. The van der Waals surface area contributed by atoms with E-state index in [1.807, 2.05) is 36.4 Å². The second-order valence-corrected chi connectivity index (χ2v) is 9.88. The lowest BCUT2D eigenvalue weighted by molar-refractivity contribution is 0.102. The van der Waals surface area contributed by atoms with Crippen molar-refractivity contribution >= 4 is 28.6 Å². The molecule has 0 fully saturated rings. The van der Waals surface area contributed by atoms with Gasteiger partial charge in [-0.15, -0.1) is 11.3 Å². The Balaban J connectivity index is 1.21. The predicted molar refractivity (Wildman–Crippen MR) is 137 cm³/mol. The monoisotopic (exact) mass is 453 g/mol. The van der Waals surface area contributed by atoms with E-state index in [-0.39, 0.29) is 11.9 Å². The summed E-state index contributed by atoms with van der Waals surface area (Å²) in [6, 6.07) is 28.1. The van der Waals surface area contributed by atoms with Crippen LogP contribution in [0, 0.1) is 5.92 Å². The number of amides is 1. The van der Waals surface area contributed by atoms with Gasteiger partial charge in [0.15, 0.2) is 0 Å². The lowest BCUT2D eigenvalue weighted by Crippen LogP contribution is -2.20. The molecule has 1 aromatic heterocycles. The largest absolute Gasteiger partial charge is 0.397 e. The summed E-state index contributed by atoms with van der Waals surface area (Å²) >= 11 is 1.80. The van der Waals surface area contributed by atoms with Crippen molar-refractivity contribution in [1.29, 1.82) is 0 Å². The second kappa shape index (κ2) is 9.22. The highest BCUT2D eigenvalue weighted by Crippen LogP contribution is 2.36. The number of nitrogens with one attached hydrogen (secondary N) is 1. The number of anilines is 2. The van der Waals surface area contributed by atoms with E-state index in [1.54, 1.807) is 23.5 Å². The minimum Gasteiger partial charge on any atom is -0.397 e. The molecule has 0 aliphatic heterocycles. The van der Waals surface area contributed by atoms with E-state index in [1.165, 1.54) is 26.4 Å². The molecule has 3 aromatic carbocycles. The molecule has 5 rings (SSSR count). The molecule has 0 bridgehead atoms. The van der Waals surface area contributed by atoms with Gasteiger partial charge in [0, 0.05) is 27.8 Å². The molecule has 0 spiro atoms. The number of nitrogens with two attached hydrogens (primary N) is 2. The van der Waals surface area contributed by atoms with Crippen LogP contribution in [0.25, 0.3) is 0 Å². The Morgan fingerprint density at radius 1 is 0.909 bits per heavy atom. The second-order valence-electron chi connectivity index (χ2n) is 8.68. The Bertz CT molecular complexity index is 1250. The van der Waals surface area contributed by atoms with Crippen LogP contribution in [0.1, 0.15) is 42.8 Å². The summed E-state index contributed by atoms with van der Waals surface area (Å²) in [5.74, 6) is 0.298. The Morgan fingerprint density at radius 2 is 1.58 bits per heavy atom. The third-order valence-electron chi connectivity index (χ3n) is 6.40. The maximum absolute atomic E-state index is 12.5. The van der Waals surface area contributed by atoms with Gasteiger partial charge in [-0.2, -0.15) is 0 Å². The molecule has 33 heavy (non-hydrogen) atoms. The van der Waals surface area contributed by atoms with Crippen molar-refractivity contribution in [2.24, 2.45) is 11.7 Å². The van der Waals surface area contributed by atoms with Crippen LogP contribution in [0.15, 0.2) is 84.9 Å². The van der Waals surface area contributed by atoms with Crippen LogP contribution >= 0.6 is 11.3 Å². The highest BCUT2D eigenvalue weighted by molar-refractivity contribution is 7.12. The molecule has 1 aliphatic carbocycles. The summed E-state index contributed by atoms with van der Waals surface area (Å²) in [4.78, 5) is 15.1. The van der Waals surface area contributed by atoms with Crippen molar-refractivity contribution in [3.8, 4) is 0 Å². The summed E-state index contributed by atoms with van der Waals surface area (Å²) in [7, 11) is 0. The van der Waals surface area contributed by atoms with Gasteiger partial charge in [-0.3, -0.25) is 4.79 Å². The average Bonchev–Trinajstić information content (AvgIpc) is 3.48. The number of thiophene rings is 1. The zero-order valence-corrected chi connectivity index (χ0v) is 19.1. The number of nitrogen functional groups attached to an aromatic ring is 1. The summed E-state index contributed by atoms with van der Waals surface area (Å²) in [5.41, 5.74) is 18.4. The molecule has 0 saturated heterocycles. The van der Waals surface area contributed by atoms with Crippen LogP contribution in [-0.4, -0.2) is 5.91 Å². The molecule has 5 N–H and O–H groups in total. The number of rotatable bonds is 6. The number of carbonyl (C=O) groups excluding carboxylic acids is 1. The summed E-state index contributed by atoms with van der Waals surface area (Å²) < 4.78 is 0. The number of carbonyl (C=O) groups is 1. The van der Waals surface area contributed by atoms with E-state index >= 15 is 0 Å². The first-order valence-electron chi connectivity index (χ1n) is 11.2. The molecule has 1 amide bonds. The van der Waals surface area contributed by atoms with E-state index in [9.17, 15) is 4.79 Å². The minimum absolute atomic E-state index is 0.0626. The zero-order chi connectivity index (χ0) is 22.8. The third-order valence-corrected chi connectivity index (χ3v) is 7.59.